The standard InChI is InChI=1S/C16H11ClF3N5O/c1-9-11(3-2-4-12(9)17)14(26)24-15-22-8-23-25(15)13-6-5-10(7-21-13)16(18,19)20/h2-8H,1H3,(H,22,23,24,26). The summed E-state index contributed by atoms with van der Waals surface area (Å²) in [6, 6.07) is 6.89. The maximum Gasteiger partial charge on any atom is 0.417 e. The molecule has 2 aromatic heterocycles. The van der Waals surface area contributed by atoms with E-state index in [-0.39, 0.29) is 11.8 Å². The number of anilines is 1. The summed E-state index contributed by atoms with van der Waals surface area (Å²) in [7, 11) is 0. The number of hydrogen-bond acceptors (Lipinski definition) is 4. The summed E-state index contributed by atoms with van der Waals surface area (Å²) in [5.74, 6) is -0.388. The van der Waals surface area contributed by atoms with Crippen LogP contribution in [0.15, 0.2) is 42.9 Å². The van der Waals surface area contributed by atoms with Gasteiger partial charge in [0.15, 0.2) is 5.82 Å². The minimum atomic E-state index is -4.49. The molecule has 0 atom stereocenters. The van der Waals surface area contributed by atoms with Gasteiger partial charge in [0.05, 0.1) is 5.56 Å². The second kappa shape index (κ2) is 6.75. The van der Waals surface area contributed by atoms with Gasteiger partial charge in [-0.25, -0.2) is 4.98 Å². The summed E-state index contributed by atoms with van der Waals surface area (Å²) in [6.45, 7) is 1.69. The number of aromatic nitrogens is 4. The SMILES string of the molecule is Cc1c(Cl)cccc1C(=O)Nc1ncnn1-c1ccc(C(F)(F)F)cn1. The molecule has 0 aliphatic carbocycles. The Kier molecular flexibility index (Phi) is 4.64. The molecule has 0 fully saturated rings. The monoisotopic (exact) mass is 381 g/mol. The lowest BCUT2D eigenvalue weighted by atomic mass is 10.1. The summed E-state index contributed by atoms with van der Waals surface area (Å²) in [5.41, 5.74) is 0.0410. The van der Waals surface area contributed by atoms with Gasteiger partial charge >= 0.3 is 6.18 Å². The van der Waals surface area contributed by atoms with Crippen molar-refractivity contribution in [2.75, 3.05) is 5.32 Å². The van der Waals surface area contributed by atoms with Crippen LogP contribution in [0.4, 0.5) is 19.1 Å². The first-order chi connectivity index (χ1) is 12.3. The van der Waals surface area contributed by atoms with E-state index in [4.69, 9.17) is 11.6 Å². The summed E-state index contributed by atoms with van der Waals surface area (Å²) < 4.78 is 39.0. The number of amides is 1. The number of nitrogens with zero attached hydrogens (tertiary/aromatic N) is 4. The molecule has 0 radical (unpaired) electrons. The third-order valence-electron chi connectivity index (χ3n) is 3.58. The van der Waals surface area contributed by atoms with Gasteiger partial charge in [-0.15, -0.1) is 0 Å². The molecule has 3 aromatic rings. The van der Waals surface area contributed by atoms with Gasteiger partial charge in [0.1, 0.15) is 6.33 Å². The lowest BCUT2D eigenvalue weighted by Gasteiger charge is -2.10. The Morgan fingerprint density at radius 2 is 1.96 bits per heavy atom. The van der Waals surface area contributed by atoms with E-state index in [1.807, 2.05) is 0 Å². The number of carbonyl (C=O) groups is 1. The molecular weight excluding hydrogens is 371 g/mol. The highest BCUT2D eigenvalue weighted by Crippen LogP contribution is 2.29. The van der Waals surface area contributed by atoms with Gasteiger partial charge in [0, 0.05) is 16.8 Å². The van der Waals surface area contributed by atoms with Crippen LogP contribution in [0.5, 0.6) is 0 Å². The maximum absolute atomic E-state index is 12.6. The average molecular weight is 382 g/mol. The molecule has 1 amide bonds. The molecule has 0 spiro atoms. The van der Waals surface area contributed by atoms with E-state index in [0.717, 1.165) is 23.1 Å². The predicted molar refractivity (Wildman–Crippen MR) is 88.3 cm³/mol. The Labute approximate surface area is 150 Å². The summed E-state index contributed by atoms with van der Waals surface area (Å²) in [5, 5.41) is 6.87. The summed E-state index contributed by atoms with van der Waals surface area (Å²) in [4.78, 5) is 20.1. The molecule has 10 heteroatoms. The van der Waals surface area contributed by atoms with Gasteiger partial charge in [0.25, 0.3) is 5.91 Å². The smallest absolute Gasteiger partial charge is 0.290 e. The largest absolute Gasteiger partial charge is 0.417 e. The van der Waals surface area contributed by atoms with Crippen molar-refractivity contribution in [3.05, 3.63) is 64.6 Å². The number of nitrogens with one attached hydrogen (secondary N) is 1. The highest BCUT2D eigenvalue weighted by Gasteiger charge is 2.30. The van der Waals surface area contributed by atoms with E-state index in [1.54, 1.807) is 25.1 Å². The fraction of sp³-hybridized carbons (Fsp3) is 0.125. The van der Waals surface area contributed by atoms with Crippen LogP contribution < -0.4 is 5.32 Å². The van der Waals surface area contributed by atoms with Crippen molar-refractivity contribution in [1.29, 1.82) is 0 Å². The second-order valence-corrected chi connectivity index (χ2v) is 5.67. The number of halogens is 4. The Morgan fingerprint density at radius 3 is 2.62 bits per heavy atom. The van der Waals surface area contributed by atoms with E-state index in [9.17, 15) is 18.0 Å². The molecule has 0 unspecified atom stereocenters. The van der Waals surface area contributed by atoms with Gasteiger partial charge < -0.3 is 0 Å². The fourth-order valence-corrected chi connectivity index (χ4v) is 2.37. The third-order valence-corrected chi connectivity index (χ3v) is 3.99. The first-order valence-corrected chi connectivity index (χ1v) is 7.65. The van der Waals surface area contributed by atoms with Gasteiger partial charge in [-0.3, -0.25) is 10.1 Å². The van der Waals surface area contributed by atoms with Crippen LogP contribution in [0.1, 0.15) is 21.5 Å². The minimum Gasteiger partial charge on any atom is -0.290 e. The van der Waals surface area contributed by atoms with E-state index in [2.05, 4.69) is 20.4 Å². The Hall–Kier alpha value is -2.94. The van der Waals surface area contributed by atoms with Crippen LogP contribution in [0.2, 0.25) is 5.02 Å². The van der Waals surface area contributed by atoms with Crippen LogP contribution in [-0.4, -0.2) is 25.7 Å². The van der Waals surface area contributed by atoms with E-state index < -0.39 is 17.6 Å². The highest BCUT2D eigenvalue weighted by molar-refractivity contribution is 6.32. The number of hydrogen-bond donors (Lipinski definition) is 1. The fourth-order valence-electron chi connectivity index (χ4n) is 2.20. The number of carbonyl (C=O) groups excluding carboxylic acids is 1. The van der Waals surface area contributed by atoms with Crippen molar-refractivity contribution in [2.24, 2.45) is 0 Å². The van der Waals surface area contributed by atoms with Gasteiger partial charge in [-0.05, 0) is 36.8 Å². The van der Waals surface area contributed by atoms with Crippen molar-refractivity contribution >= 4 is 23.5 Å². The molecule has 6 nitrogen and oxygen atoms in total. The van der Waals surface area contributed by atoms with Gasteiger partial charge in [-0.1, -0.05) is 17.7 Å². The quantitative estimate of drug-likeness (QED) is 0.747. The van der Waals surface area contributed by atoms with Gasteiger partial charge in [0.2, 0.25) is 5.95 Å². The molecule has 1 aromatic carbocycles. The number of pyridine rings is 1. The van der Waals surface area contributed by atoms with Crippen LogP contribution in [0.3, 0.4) is 0 Å². The zero-order valence-corrected chi connectivity index (χ0v) is 14.0. The Balaban J connectivity index is 1.87. The first-order valence-electron chi connectivity index (χ1n) is 7.27. The zero-order chi connectivity index (χ0) is 18.9. The topological polar surface area (TPSA) is 72.7 Å². The molecule has 2 heterocycles. The molecule has 1 N–H and O–H groups in total. The molecule has 0 bridgehead atoms. The molecule has 3 rings (SSSR count). The molecule has 0 aliphatic heterocycles. The lowest BCUT2D eigenvalue weighted by molar-refractivity contribution is -0.137. The van der Waals surface area contributed by atoms with E-state index in [0.29, 0.717) is 22.3 Å². The van der Waals surface area contributed by atoms with Crippen molar-refractivity contribution < 1.29 is 18.0 Å². The second-order valence-electron chi connectivity index (χ2n) is 5.26. The molecule has 134 valence electrons. The number of benzene rings is 1. The van der Waals surface area contributed by atoms with Crippen molar-refractivity contribution in [3.8, 4) is 5.82 Å². The average Bonchev–Trinajstić information content (AvgIpc) is 3.04. The lowest BCUT2D eigenvalue weighted by Crippen LogP contribution is -2.17. The Bertz CT molecular complexity index is 953. The first kappa shape index (κ1) is 17.9. The number of rotatable bonds is 3. The highest BCUT2D eigenvalue weighted by atomic mass is 35.5. The van der Waals surface area contributed by atoms with Crippen molar-refractivity contribution in [1.82, 2.24) is 19.7 Å². The van der Waals surface area contributed by atoms with Crippen molar-refractivity contribution in [2.45, 2.75) is 13.1 Å². The zero-order valence-electron chi connectivity index (χ0n) is 13.3. The summed E-state index contributed by atoms with van der Waals surface area (Å²) in [6.07, 6.45) is -2.65. The van der Waals surface area contributed by atoms with Crippen LogP contribution in [0.25, 0.3) is 5.82 Å². The predicted octanol–water partition coefficient (Wildman–Crippen LogP) is 3.90. The summed E-state index contributed by atoms with van der Waals surface area (Å²) >= 11 is 6.00. The third kappa shape index (κ3) is 3.52. The van der Waals surface area contributed by atoms with Crippen molar-refractivity contribution in [3.63, 3.8) is 0 Å². The van der Waals surface area contributed by atoms with E-state index in [1.165, 1.54) is 0 Å². The van der Waals surface area contributed by atoms with Gasteiger partial charge in [-0.2, -0.15) is 27.9 Å². The van der Waals surface area contributed by atoms with E-state index >= 15 is 0 Å². The normalized spacial score (nSPS) is 11.4. The maximum atomic E-state index is 12.6. The molecular formula is C16H11ClF3N5O. The Morgan fingerprint density at radius 1 is 1.19 bits per heavy atom. The van der Waals surface area contributed by atoms with Crippen LogP contribution in [0, 0.1) is 6.92 Å². The molecule has 0 saturated heterocycles. The minimum absolute atomic E-state index is 0.0154. The van der Waals surface area contributed by atoms with Crippen LogP contribution in [-0.2, 0) is 6.18 Å². The number of alkyl halides is 3. The molecule has 0 aliphatic rings. The van der Waals surface area contributed by atoms with Crippen LogP contribution >= 0.6 is 11.6 Å². The molecule has 26 heavy (non-hydrogen) atoms. The molecule has 0 saturated carbocycles.